The summed E-state index contributed by atoms with van der Waals surface area (Å²) in [7, 11) is -3.78. The summed E-state index contributed by atoms with van der Waals surface area (Å²) in [6, 6.07) is 2.94. The van der Waals surface area contributed by atoms with Crippen molar-refractivity contribution in [3.63, 3.8) is 0 Å². The third-order valence-electron chi connectivity index (χ3n) is 3.15. The van der Waals surface area contributed by atoms with E-state index in [0.717, 1.165) is 12.1 Å². The summed E-state index contributed by atoms with van der Waals surface area (Å²) in [5, 5.41) is -0.131. The maximum absolute atomic E-state index is 13.0. The highest BCUT2D eigenvalue weighted by Gasteiger charge is 2.33. The molecule has 1 aliphatic rings. The molecule has 2 rings (SSSR count). The first-order valence-electron chi connectivity index (χ1n) is 6.15. The zero-order chi connectivity index (χ0) is 14.9. The number of morpholine rings is 1. The molecule has 2 unspecified atom stereocenters. The second-order valence-corrected chi connectivity index (χ2v) is 7.02. The minimum Gasteiger partial charge on any atom is -0.374 e. The molecule has 0 aromatic heterocycles. The fourth-order valence-corrected chi connectivity index (χ4v) is 3.95. The first-order chi connectivity index (χ1) is 9.32. The maximum atomic E-state index is 13.0. The molecule has 1 aromatic carbocycles. The number of halogens is 2. The first-order valence-corrected chi connectivity index (χ1v) is 7.96. The molecule has 0 amide bonds. The van der Waals surface area contributed by atoms with Crippen LogP contribution in [0.5, 0.6) is 0 Å². The van der Waals surface area contributed by atoms with Crippen molar-refractivity contribution in [2.45, 2.75) is 24.0 Å². The molecule has 20 heavy (non-hydrogen) atoms. The molecular formula is C12H16ClFN2O3S. The monoisotopic (exact) mass is 322 g/mol. The van der Waals surface area contributed by atoms with Crippen LogP contribution in [0.25, 0.3) is 0 Å². The molecule has 0 bridgehead atoms. The van der Waals surface area contributed by atoms with E-state index in [2.05, 4.69) is 0 Å². The third kappa shape index (κ3) is 3.12. The number of rotatable bonds is 3. The molecule has 8 heteroatoms. The van der Waals surface area contributed by atoms with Gasteiger partial charge >= 0.3 is 0 Å². The van der Waals surface area contributed by atoms with Crippen LogP contribution in [0, 0.1) is 5.82 Å². The van der Waals surface area contributed by atoms with Gasteiger partial charge < -0.3 is 10.5 Å². The van der Waals surface area contributed by atoms with Gasteiger partial charge in [0.25, 0.3) is 0 Å². The zero-order valence-electron chi connectivity index (χ0n) is 10.9. The van der Waals surface area contributed by atoms with Crippen molar-refractivity contribution in [1.29, 1.82) is 0 Å². The average molecular weight is 323 g/mol. The Morgan fingerprint density at radius 3 is 2.85 bits per heavy atom. The quantitative estimate of drug-likeness (QED) is 0.908. The van der Waals surface area contributed by atoms with Gasteiger partial charge in [-0.05, 0) is 25.1 Å². The molecule has 0 aliphatic carbocycles. The number of nitrogens with zero attached hydrogens (tertiary/aromatic N) is 1. The minimum absolute atomic E-state index is 0.106. The van der Waals surface area contributed by atoms with Crippen molar-refractivity contribution >= 4 is 21.6 Å². The molecule has 2 atom stereocenters. The molecule has 112 valence electrons. The summed E-state index contributed by atoms with van der Waals surface area (Å²) in [5.74, 6) is -0.579. The molecule has 0 spiro atoms. The molecule has 1 saturated heterocycles. The Kier molecular flexibility index (Phi) is 4.66. The van der Waals surface area contributed by atoms with Crippen molar-refractivity contribution in [1.82, 2.24) is 4.31 Å². The Hall–Kier alpha value is -0.730. The molecule has 2 N–H and O–H groups in total. The van der Waals surface area contributed by atoms with Crippen LogP contribution >= 0.6 is 11.6 Å². The fraction of sp³-hybridized carbons (Fsp3) is 0.500. The third-order valence-corrected chi connectivity index (χ3v) is 5.50. The van der Waals surface area contributed by atoms with Gasteiger partial charge in [0.05, 0.1) is 17.7 Å². The predicted molar refractivity (Wildman–Crippen MR) is 73.6 cm³/mol. The van der Waals surface area contributed by atoms with Crippen molar-refractivity contribution < 1.29 is 17.5 Å². The highest BCUT2D eigenvalue weighted by atomic mass is 35.5. The van der Waals surface area contributed by atoms with Crippen molar-refractivity contribution in [3.8, 4) is 0 Å². The van der Waals surface area contributed by atoms with Gasteiger partial charge in [0, 0.05) is 19.1 Å². The standard InChI is InChI=1S/C12H16ClFN2O3S/c1-8(15)11-7-16(4-5-19-11)20(17,18)12-3-2-9(14)6-10(12)13/h2-3,6,8,11H,4-5,7,15H2,1H3. The summed E-state index contributed by atoms with van der Waals surface area (Å²) in [6.45, 7) is 2.41. The Balaban J connectivity index is 2.30. The number of benzene rings is 1. The Bertz CT molecular complexity index is 594. The summed E-state index contributed by atoms with van der Waals surface area (Å²) >= 11 is 5.83. The molecule has 0 saturated carbocycles. The molecule has 1 heterocycles. The van der Waals surface area contributed by atoms with E-state index in [1.807, 2.05) is 0 Å². The van der Waals surface area contributed by atoms with E-state index in [1.54, 1.807) is 6.92 Å². The van der Waals surface area contributed by atoms with Gasteiger partial charge in [-0.15, -0.1) is 0 Å². The summed E-state index contributed by atoms with van der Waals surface area (Å²) in [5.41, 5.74) is 5.74. The lowest BCUT2D eigenvalue weighted by molar-refractivity contribution is -0.0120. The predicted octanol–water partition coefficient (Wildman–Crippen LogP) is 1.22. The van der Waals surface area contributed by atoms with E-state index in [0.29, 0.717) is 0 Å². The van der Waals surface area contributed by atoms with Gasteiger partial charge in [-0.2, -0.15) is 4.31 Å². The number of hydrogen-bond acceptors (Lipinski definition) is 4. The molecule has 5 nitrogen and oxygen atoms in total. The topological polar surface area (TPSA) is 72.6 Å². The first kappa shape index (κ1) is 15.7. The van der Waals surface area contributed by atoms with Crippen LogP contribution in [0.2, 0.25) is 5.02 Å². The number of hydrogen-bond donors (Lipinski definition) is 1. The van der Waals surface area contributed by atoms with Gasteiger partial charge in [0.2, 0.25) is 10.0 Å². The average Bonchev–Trinajstić information content (AvgIpc) is 2.38. The van der Waals surface area contributed by atoms with Crippen molar-refractivity contribution in [3.05, 3.63) is 29.0 Å². The van der Waals surface area contributed by atoms with Crippen LogP contribution in [0.1, 0.15) is 6.92 Å². The van der Waals surface area contributed by atoms with E-state index in [4.69, 9.17) is 22.1 Å². The van der Waals surface area contributed by atoms with E-state index < -0.39 is 15.8 Å². The van der Waals surface area contributed by atoms with Gasteiger partial charge in [0.15, 0.2) is 0 Å². The van der Waals surface area contributed by atoms with Crippen molar-refractivity contribution in [2.24, 2.45) is 5.73 Å². The zero-order valence-corrected chi connectivity index (χ0v) is 12.5. The summed E-state index contributed by atoms with van der Waals surface area (Å²) in [4.78, 5) is -0.106. The highest BCUT2D eigenvalue weighted by Crippen LogP contribution is 2.26. The second kappa shape index (κ2) is 5.95. The van der Waals surface area contributed by atoms with E-state index in [-0.39, 0.29) is 41.8 Å². The number of sulfonamides is 1. The molecule has 1 aliphatic heterocycles. The van der Waals surface area contributed by atoms with Crippen LogP contribution in [-0.4, -0.2) is 44.6 Å². The van der Waals surface area contributed by atoms with Gasteiger partial charge in [-0.25, -0.2) is 12.8 Å². The smallest absolute Gasteiger partial charge is 0.244 e. The summed E-state index contributed by atoms with van der Waals surface area (Å²) in [6.07, 6.45) is -0.363. The van der Waals surface area contributed by atoms with E-state index >= 15 is 0 Å². The lowest BCUT2D eigenvalue weighted by Gasteiger charge is -2.34. The van der Waals surface area contributed by atoms with Gasteiger partial charge in [-0.3, -0.25) is 0 Å². The second-order valence-electron chi connectivity index (χ2n) is 4.71. The molecule has 1 fully saturated rings. The molecular weight excluding hydrogens is 307 g/mol. The SMILES string of the molecule is CC(N)C1CN(S(=O)(=O)c2ccc(F)cc2Cl)CCO1. The number of ether oxygens (including phenoxy) is 1. The summed E-state index contributed by atoms with van der Waals surface area (Å²) < 4.78 is 44.7. The van der Waals surface area contributed by atoms with Crippen LogP contribution in [0.4, 0.5) is 4.39 Å². The van der Waals surface area contributed by atoms with Gasteiger partial charge in [-0.1, -0.05) is 11.6 Å². The van der Waals surface area contributed by atoms with E-state index in [1.165, 1.54) is 10.4 Å². The Labute approximate surface area is 122 Å². The van der Waals surface area contributed by atoms with Crippen molar-refractivity contribution in [2.75, 3.05) is 19.7 Å². The Morgan fingerprint density at radius 2 is 2.25 bits per heavy atom. The van der Waals surface area contributed by atoms with Crippen LogP contribution < -0.4 is 5.73 Å². The lowest BCUT2D eigenvalue weighted by atomic mass is 10.2. The largest absolute Gasteiger partial charge is 0.374 e. The van der Waals surface area contributed by atoms with Crippen LogP contribution in [0.15, 0.2) is 23.1 Å². The fourth-order valence-electron chi connectivity index (χ4n) is 2.01. The van der Waals surface area contributed by atoms with Crippen LogP contribution in [-0.2, 0) is 14.8 Å². The molecule has 1 aromatic rings. The lowest BCUT2D eigenvalue weighted by Crippen LogP contribution is -2.51. The normalized spacial score (nSPS) is 22.7. The van der Waals surface area contributed by atoms with E-state index in [9.17, 15) is 12.8 Å². The number of nitrogens with two attached hydrogens (primary N) is 1. The molecule has 0 radical (unpaired) electrons. The van der Waals surface area contributed by atoms with Gasteiger partial charge in [0.1, 0.15) is 10.7 Å². The maximum Gasteiger partial charge on any atom is 0.244 e. The van der Waals surface area contributed by atoms with Crippen LogP contribution in [0.3, 0.4) is 0 Å². The highest BCUT2D eigenvalue weighted by molar-refractivity contribution is 7.89. The minimum atomic E-state index is -3.78. The Morgan fingerprint density at radius 1 is 1.55 bits per heavy atom.